The Morgan fingerprint density at radius 1 is 1.14 bits per heavy atom. The average Bonchev–Trinajstić information content (AvgIpc) is 2.87. The van der Waals surface area contributed by atoms with Crippen LogP contribution in [0.2, 0.25) is 0 Å². The van der Waals surface area contributed by atoms with Gasteiger partial charge in [-0.15, -0.1) is 0 Å². The first-order valence-electron chi connectivity index (χ1n) is 8.84. The van der Waals surface area contributed by atoms with Crippen LogP contribution in [0.25, 0.3) is 0 Å². The molecule has 1 aliphatic carbocycles. The molecule has 1 aliphatic rings. The molecule has 0 aromatic rings. The van der Waals surface area contributed by atoms with E-state index in [0.29, 0.717) is 5.92 Å². The Balaban J connectivity index is 2.91. The smallest absolute Gasteiger partial charge is 0.312 e. The van der Waals surface area contributed by atoms with E-state index in [1.165, 1.54) is 12.8 Å². The number of hydrogen-bond acceptors (Lipinski definition) is 2. The molecule has 1 unspecified atom stereocenters. The van der Waals surface area contributed by atoms with E-state index < -0.39 is 0 Å². The van der Waals surface area contributed by atoms with Gasteiger partial charge in [-0.2, -0.15) is 0 Å². The number of ether oxygens (including phenoxy) is 1. The number of carbonyl (C=O) groups is 1. The van der Waals surface area contributed by atoms with Crippen LogP contribution in [0.15, 0.2) is 0 Å². The fourth-order valence-corrected chi connectivity index (χ4v) is 3.49. The lowest BCUT2D eigenvalue weighted by molar-refractivity contribution is -0.177. The van der Waals surface area contributed by atoms with Crippen LogP contribution in [0.3, 0.4) is 0 Å². The van der Waals surface area contributed by atoms with Crippen molar-refractivity contribution in [2.24, 2.45) is 16.7 Å². The molecule has 0 aliphatic heterocycles. The molecule has 21 heavy (non-hydrogen) atoms. The van der Waals surface area contributed by atoms with Gasteiger partial charge in [-0.1, -0.05) is 48.0 Å². The van der Waals surface area contributed by atoms with Gasteiger partial charge in [0.1, 0.15) is 5.60 Å². The van der Waals surface area contributed by atoms with Crippen LogP contribution >= 0.6 is 0 Å². The van der Waals surface area contributed by atoms with Gasteiger partial charge in [0, 0.05) is 0 Å². The zero-order valence-corrected chi connectivity index (χ0v) is 15.3. The Labute approximate surface area is 132 Å². The van der Waals surface area contributed by atoms with Gasteiger partial charge in [0.2, 0.25) is 0 Å². The topological polar surface area (TPSA) is 26.3 Å². The van der Waals surface area contributed by atoms with Gasteiger partial charge in [0.15, 0.2) is 0 Å². The van der Waals surface area contributed by atoms with Crippen molar-refractivity contribution >= 4 is 5.97 Å². The van der Waals surface area contributed by atoms with Crippen molar-refractivity contribution in [2.75, 3.05) is 0 Å². The van der Waals surface area contributed by atoms with Crippen LogP contribution in [-0.4, -0.2) is 11.6 Å². The Morgan fingerprint density at radius 2 is 1.67 bits per heavy atom. The van der Waals surface area contributed by atoms with Crippen LogP contribution < -0.4 is 0 Å². The molecule has 0 aromatic carbocycles. The normalized spacial score (nSPS) is 21.3. The Bertz CT molecular complexity index is 351. The van der Waals surface area contributed by atoms with Crippen LogP contribution in [-0.2, 0) is 9.53 Å². The molecule has 1 saturated carbocycles. The van der Waals surface area contributed by atoms with Crippen molar-refractivity contribution in [3.63, 3.8) is 0 Å². The largest absolute Gasteiger partial charge is 0.459 e. The van der Waals surface area contributed by atoms with Gasteiger partial charge in [0.25, 0.3) is 0 Å². The van der Waals surface area contributed by atoms with Crippen molar-refractivity contribution in [2.45, 2.75) is 99.0 Å². The van der Waals surface area contributed by atoms with Gasteiger partial charge in [-0.25, -0.2) is 0 Å². The monoisotopic (exact) mass is 296 g/mol. The van der Waals surface area contributed by atoms with Crippen molar-refractivity contribution in [3.05, 3.63) is 0 Å². The molecule has 0 heterocycles. The first-order chi connectivity index (χ1) is 9.61. The summed E-state index contributed by atoms with van der Waals surface area (Å²) in [5.74, 6) is 0.328. The summed E-state index contributed by atoms with van der Waals surface area (Å²) in [6.45, 7) is 15.3. The van der Waals surface area contributed by atoms with Gasteiger partial charge >= 0.3 is 5.97 Å². The van der Waals surface area contributed by atoms with E-state index in [4.69, 9.17) is 4.74 Å². The maximum absolute atomic E-state index is 13.0. The van der Waals surface area contributed by atoms with Gasteiger partial charge in [-0.05, 0) is 56.8 Å². The third kappa shape index (κ3) is 4.23. The van der Waals surface area contributed by atoms with Crippen molar-refractivity contribution in [1.82, 2.24) is 0 Å². The maximum atomic E-state index is 13.0. The predicted molar refractivity (Wildman–Crippen MR) is 89.2 cm³/mol. The minimum absolute atomic E-state index is 0.0303. The fraction of sp³-hybridized carbons (Fsp3) is 0.947. The lowest BCUT2D eigenvalue weighted by Gasteiger charge is -2.41. The summed E-state index contributed by atoms with van der Waals surface area (Å²) in [6.07, 6.45) is 7.40. The van der Waals surface area contributed by atoms with Gasteiger partial charge in [0.05, 0.1) is 5.41 Å². The second-order valence-corrected chi connectivity index (χ2v) is 8.40. The summed E-state index contributed by atoms with van der Waals surface area (Å²) in [5.41, 5.74) is -0.388. The van der Waals surface area contributed by atoms with Crippen LogP contribution in [0.5, 0.6) is 0 Å². The number of rotatable bonds is 7. The minimum Gasteiger partial charge on any atom is -0.459 e. The fourth-order valence-electron chi connectivity index (χ4n) is 3.49. The molecule has 0 radical (unpaired) electrons. The molecular weight excluding hydrogens is 260 g/mol. The molecule has 0 amide bonds. The maximum Gasteiger partial charge on any atom is 0.312 e. The standard InChI is InChI=1S/C19H36O2/c1-8-17(5,6)14-18(7,15(3)4)16(20)21-19(9-2)12-10-11-13-19/h15H,8-14H2,1-7H3. The van der Waals surface area contributed by atoms with Crippen molar-refractivity contribution < 1.29 is 9.53 Å². The van der Waals surface area contributed by atoms with E-state index in [1.807, 2.05) is 0 Å². The third-order valence-electron chi connectivity index (χ3n) is 6.01. The summed E-state index contributed by atoms with van der Waals surface area (Å²) < 4.78 is 6.13. The van der Waals surface area contributed by atoms with Crippen LogP contribution in [0.1, 0.15) is 93.4 Å². The molecule has 0 saturated heterocycles. The second-order valence-electron chi connectivity index (χ2n) is 8.40. The number of carbonyl (C=O) groups excluding carboxylic acids is 1. The van der Waals surface area contributed by atoms with E-state index >= 15 is 0 Å². The highest BCUT2D eigenvalue weighted by atomic mass is 16.6. The molecule has 2 heteroatoms. The van der Waals surface area contributed by atoms with Crippen LogP contribution in [0.4, 0.5) is 0 Å². The van der Waals surface area contributed by atoms with Gasteiger partial charge < -0.3 is 4.74 Å². The molecule has 0 aromatic heterocycles. The zero-order valence-electron chi connectivity index (χ0n) is 15.3. The lowest BCUT2D eigenvalue weighted by atomic mass is 9.67. The minimum atomic E-state index is -0.385. The Hall–Kier alpha value is -0.530. The molecule has 1 atom stereocenters. The molecule has 1 fully saturated rings. The Kier molecular flexibility index (Phi) is 5.91. The molecule has 0 bridgehead atoms. The highest BCUT2D eigenvalue weighted by Crippen LogP contribution is 2.45. The summed E-state index contributed by atoms with van der Waals surface area (Å²) in [7, 11) is 0. The molecule has 0 spiro atoms. The van der Waals surface area contributed by atoms with E-state index in [1.54, 1.807) is 0 Å². The van der Waals surface area contributed by atoms with E-state index in [9.17, 15) is 4.79 Å². The highest BCUT2D eigenvalue weighted by Gasteiger charge is 2.46. The molecule has 124 valence electrons. The second kappa shape index (κ2) is 6.71. The quantitative estimate of drug-likeness (QED) is 0.560. The molecule has 0 N–H and O–H groups in total. The zero-order chi connectivity index (χ0) is 16.3. The summed E-state index contributed by atoms with van der Waals surface area (Å²) in [6, 6.07) is 0. The molecular formula is C19H36O2. The van der Waals surface area contributed by atoms with E-state index in [-0.39, 0.29) is 22.4 Å². The van der Waals surface area contributed by atoms with E-state index in [0.717, 1.165) is 32.1 Å². The van der Waals surface area contributed by atoms with Crippen molar-refractivity contribution in [1.29, 1.82) is 0 Å². The van der Waals surface area contributed by atoms with Gasteiger partial charge in [-0.3, -0.25) is 4.79 Å². The number of esters is 1. The summed E-state index contributed by atoms with van der Waals surface area (Å²) in [4.78, 5) is 13.0. The highest BCUT2D eigenvalue weighted by molar-refractivity contribution is 5.77. The predicted octanol–water partition coefficient (Wildman–Crippen LogP) is 5.74. The number of hydrogen-bond donors (Lipinski definition) is 0. The molecule has 1 rings (SSSR count). The SMILES string of the molecule is CCC(C)(C)CC(C)(C(=O)OC1(CC)CCCC1)C(C)C. The average molecular weight is 296 g/mol. The summed E-state index contributed by atoms with van der Waals surface area (Å²) in [5, 5.41) is 0. The Morgan fingerprint density at radius 3 is 2.05 bits per heavy atom. The first-order valence-corrected chi connectivity index (χ1v) is 8.84. The molecule has 2 nitrogen and oxygen atoms in total. The van der Waals surface area contributed by atoms with Crippen LogP contribution in [0, 0.1) is 16.7 Å². The third-order valence-corrected chi connectivity index (χ3v) is 6.01. The first kappa shape index (κ1) is 18.5. The summed E-state index contributed by atoms with van der Waals surface area (Å²) >= 11 is 0. The lowest BCUT2D eigenvalue weighted by Crippen LogP contribution is -2.43. The van der Waals surface area contributed by atoms with E-state index in [2.05, 4.69) is 48.5 Å². The van der Waals surface area contributed by atoms with Crippen molar-refractivity contribution in [3.8, 4) is 0 Å².